The summed E-state index contributed by atoms with van der Waals surface area (Å²) in [5, 5.41) is 0. The van der Waals surface area contributed by atoms with E-state index in [-0.39, 0.29) is 0 Å². The van der Waals surface area contributed by atoms with E-state index in [9.17, 15) is 9.59 Å². The first-order chi connectivity index (χ1) is 7.13. The van der Waals surface area contributed by atoms with E-state index >= 15 is 0 Å². The molecule has 78 valence electrons. The third kappa shape index (κ3) is 1.35. The Hall–Kier alpha value is -2.24. The summed E-state index contributed by atoms with van der Waals surface area (Å²) in [4.78, 5) is 25.2. The van der Waals surface area contributed by atoms with Crippen LogP contribution in [-0.4, -0.2) is 22.8 Å². The molecule has 0 saturated heterocycles. The van der Waals surface area contributed by atoms with Gasteiger partial charge in [0.05, 0.1) is 18.1 Å². The second kappa shape index (κ2) is 3.16. The maximum absolute atomic E-state index is 11.4. The SMILES string of the molecule is COC(=O)n1c(=O)[nH]c2ccc(N)cc21. The van der Waals surface area contributed by atoms with Gasteiger partial charge in [0.15, 0.2) is 0 Å². The lowest BCUT2D eigenvalue weighted by atomic mass is 10.3. The lowest BCUT2D eigenvalue weighted by Crippen LogP contribution is -2.24. The summed E-state index contributed by atoms with van der Waals surface area (Å²) in [5.74, 6) is 0. The van der Waals surface area contributed by atoms with Gasteiger partial charge in [-0.25, -0.2) is 9.59 Å². The molecule has 3 N–H and O–H groups in total. The molecule has 1 aromatic heterocycles. The summed E-state index contributed by atoms with van der Waals surface area (Å²) in [6.45, 7) is 0. The first-order valence-electron chi connectivity index (χ1n) is 4.22. The fourth-order valence-corrected chi connectivity index (χ4v) is 1.39. The van der Waals surface area contributed by atoms with Crippen LogP contribution in [-0.2, 0) is 4.74 Å². The topological polar surface area (TPSA) is 90.1 Å². The standard InChI is InChI=1S/C9H9N3O3/c1-15-9(14)12-7-4-5(10)2-3-6(7)11-8(12)13/h2-4H,10H2,1H3,(H,11,13). The highest BCUT2D eigenvalue weighted by Gasteiger charge is 2.13. The zero-order valence-electron chi connectivity index (χ0n) is 7.98. The second-order valence-electron chi connectivity index (χ2n) is 3.01. The average Bonchev–Trinajstić information content (AvgIpc) is 2.52. The Morgan fingerprint density at radius 1 is 1.53 bits per heavy atom. The van der Waals surface area contributed by atoms with Gasteiger partial charge in [-0.05, 0) is 18.2 Å². The van der Waals surface area contributed by atoms with Crippen LogP contribution in [0.4, 0.5) is 10.5 Å². The van der Waals surface area contributed by atoms with Crippen molar-refractivity contribution in [2.24, 2.45) is 0 Å². The van der Waals surface area contributed by atoms with Crippen molar-refractivity contribution in [3.05, 3.63) is 28.7 Å². The molecule has 0 unspecified atom stereocenters. The minimum atomic E-state index is -0.739. The number of fused-ring (bicyclic) bond motifs is 1. The Kier molecular flexibility index (Phi) is 1.96. The minimum absolute atomic E-state index is 0.409. The molecule has 0 aliphatic heterocycles. The summed E-state index contributed by atoms with van der Waals surface area (Å²) in [6, 6.07) is 4.80. The summed E-state index contributed by atoms with van der Waals surface area (Å²) in [7, 11) is 1.21. The molecule has 2 rings (SSSR count). The number of aromatic nitrogens is 2. The first-order valence-corrected chi connectivity index (χ1v) is 4.22. The van der Waals surface area contributed by atoms with Gasteiger partial charge < -0.3 is 15.5 Å². The van der Waals surface area contributed by atoms with E-state index in [0.717, 1.165) is 4.57 Å². The van der Waals surface area contributed by atoms with Crippen molar-refractivity contribution in [3.8, 4) is 0 Å². The summed E-state index contributed by atoms with van der Waals surface area (Å²) in [6.07, 6.45) is -0.739. The van der Waals surface area contributed by atoms with Gasteiger partial charge in [-0.15, -0.1) is 0 Å². The van der Waals surface area contributed by atoms with Crippen molar-refractivity contribution >= 4 is 22.8 Å². The highest BCUT2D eigenvalue weighted by molar-refractivity contribution is 5.88. The van der Waals surface area contributed by atoms with Crippen molar-refractivity contribution in [3.63, 3.8) is 0 Å². The molecular weight excluding hydrogens is 198 g/mol. The Bertz CT molecular complexity index is 582. The van der Waals surface area contributed by atoms with Crippen LogP contribution in [0.3, 0.4) is 0 Å². The van der Waals surface area contributed by atoms with E-state index in [2.05, 4.69) is 9.72 Å². The van der Waals surface area contributed by atoms with Crippen molar-refractivity contribution in [2.45, 2.75) is 0 Å². The minimum Gasteiger partial charge on any atom is -0.452 e. The zero-order chi connectivity index (χ0) is 11.0. The number of carbonyl (C=O) groups excluding carboxylic acids is 1. The fourth-order valence-electron chi connectivity index (χ4n) is 1.39. The molecule has 0 radical (unpaired) electrons. The number of imidazole rings is 1. The van der Waals surface area contributed by atoms with Gasteiger partial charge in [-0.2, -0.15) is 4.57 Å². The Labute approximate surface area is 84.3 Å². The van der Waals surface area contributed by atoms with E-state index in [0.29, 0.717) is 16.7 Å². The third-order valence-corrected chi connectivity index (χ3v) is 2.06. The molecule has 0 aliphatic rings. The molecule has 2 aromatic rings. The number of H-pyrrole nitrogens is 1. The van der Waals surface area contributed by atoms with Crippen molar-refractivity contribution in [2.75, 3.05) is 12.8 Å². The molecule has 1 heterocycles. The fraction of sp³-hybridized carbons (Fsp3) is 0.111. The number of nitrogen functional groups attached to an aromatic ring is 1. The number of rotatable bonds is 0. The van der Waals surface area contributed by atoms with Gasteiger partial charge in [0.25, 0.3) is 0 Å². The number of nitrogens with one attached hydrogen (secondary N) is 1. The van der Waals surface area contributed by atoms with E-state index in [4.69, 9.17) is 5.73 Å². The molecule has 0 fully saturated rings. The van der Waals surface area contributed by atoms with Crippen LogP contribution in [0.15, 0.2) is 23.0 Å². The number of carbonyl (C=O) groups is 1. The number of ether oxygens (including phenoxy) is 1. The van der Waals surface area contributed by atoms with Crippen LogP contribution >= 0.6 is 0 Å². The van der Waals surface area contributed by atoms with Gasteiger partial charge in [-0.3, -0.25) is 0 Å². The van der Waals surface area contributed by atoms with Gasteiger partial charge in [-0.1, -0.05) is 0 Å². The van der Waals surface area contributed by atoms with Crippen LogP contribution in [0, 0.1) is 0 Å². The van der Waals surface area contributed by atoms with E-state index in [1.165, 1.54) is 13.2 Å². The number of nitrogens with two attached hydrogens (primary N) is 1. The van der Waals surface area contributed by atoms with E-state index in [1.54, 1.807) is 12.1 Å². The molecule has 0 spiro atoms. The quantitative estimate of drug-likeness (QED) is 0.616. The number of nitrogens with zero attached hydrogens (tertiary/aromatic N) is 1. The number of hydrogen-bond acceptors (Lipinski definition) is 4. The molecule has 0 saturated carbocycles. The first kappa shape index (κ1) is 9.32. The maximum atomic E-state index is 11.4. The highest BCUT2D eigenvalue weighted by atomic mass is 16.5. The molecule has 0 atom stereocenters. The average molecular weight is 207 g/mol. The van der Waals surface area contributed by atoms with Crippen molar-refractivity contribution < 1.29 is 9.53 Å². The molecule has 0 aliphatic carbocycles. The smallest absolute Gasteiger partial charge is 0.422 e. The van der Waals surface area contributed by atoms with Crippen LogP contribution in [0.1, 0.15) is 0 Å². The van der Waals surface area contributed by atoms with E-state index < -0.39 is 11.8 Å². The molecule has 1 aromatic carbocycles. The van der Waals surface area contributed by atoms with Crippen molar-refractivity contribution in [1.82, 2.24) is 9.55 Å². The summed E-state index contributed by atoms with van der Waals surface area (Å²) < 4.78 is 5.38. The molecule has 6 heteroatoms. The predicted molar refractivity (Wildman–Crippen MR) is 54.8 cm³/mol. The summed E-state index contributed by atoms with van der Waals surface area (Å²) in [5.41, 5.74) is 6.44. The van der Waals surface area contributed by atoms with E-state index in [1.807, 2.05) is 0 Å². The largest absolute Gasteiger partial charge is 0.452 e. The maximum Gasteiger partial charge on any atom is 0.422 e. The van der Waals surface area contributed by atoms with Gasteiger partial charge >= 0.3 is 11.8 Å². The summed E-state index contributed by atoms with van der Waals surface area (Å²) >= 11 is 0. The second-order valence-corrected chi connectivity index (χ2v) is 3.01. The number of benzene rings is 1. The van der Waals surface area contributed by atoms with Crippen LogP contribution in [0.5, 0.6) is 0 Å². The highest BCUT2D eigenvalue weighted by Crippen LogP contribution is 2.14. The third-order valence-electron chi connectivity index (χ3n) is 2.06. The zero-order valence-corrected chi connectivity index (χ0v) is 7.98. The molecular formula is C9H9N3O3. The number of anilines is 1. The lowest BCUT2D eigenvalue weighted by Gasteiger charge is -1.99. The van der Waals surface area contributed by atoms with Gasteiger partial charge in [0.2, 0.25) is 0 Å². The van der Waals surface area contributed by atoms with Crippen LogP contribution < -0.4 is 11.4 Å². The number of methoxy groups -OCH3 is 1. The molecule has 0 bridgehead atoms. The van der Waals surface area contributed by atoms with Crippen LogP contribution in [0.25, 0.3) is 11.0 Å². The van der Waals surface area contributed by atoms with Crippen LogP contribution in [0.2, 0.25) is 0 Å². The predicted octanol–water partition coefficient (Wildman–Crippen LogP) is 0.526. The van der Waals surface area contributed by atoms with Crippen molar-refractivity contribution in [1.29, 1.82) is 0 Å². The number of hydrogen-bond donors (Lipinski definition) is 2. The van der Waals surface area contributed by atoms with Gasteiger partial charge in [0, 0.05) is 5.69 Å². The Morgan fingerprint density at radius 2 is 2.27 bits per heavy atom. The monoisotopic (exact) mass is 207 g/mol. The number of aromatic amines is 1. The normalized spacial score (nSPS) is 10.5. The molecule has 15 heavy (non-hydrogen) atoms. The molecule has 0 amide bonds. The molecule has 6 nitrogen and oxygen atoms in total. The van der Waals surface area contributed by atoms with Gasteiger partial charge in [0.1, 0.15) is 0 Å². The lowest BCUT2D eigenvalue weighted by molar-refractivity contribution is 0.173. The Balaban J connectivity index is 2.82. The Morgan fingerprint density at radius 3 is 2.93 bits per heavy atom.